The summed E-state index contributed by atoms with van der Waals surface area (Å²) in [6.45, 7) is -0.169. The van der Waals surface area contributed by atoms with Crippen LogP contribution in [0, 0.1) is 0 Å². The standard InChI is InChI=1S/C16H16F3NO3/c17-16(18,19)15(22)5-7-20(8-6-15)14(21)12-9-11-3-1-2-4-13(11)23-10-12/h1-4,9,22H,5-8,10H2. The number of ether oxygens (including phenoxy) is 1. The minimum Gasteiger partial charge on any atom is -0.488 e. The van der Waals surface area contributed by atoms with Crippen molar-refractivity contribution in [3.8, 4) is 5.75 Å². The van der Waals surface area contributed by atoms with Crippen LogP contribution in [0.4, 0.5) is 13.2 Å². The molecule has 2 heterocycles. The molecule has 1 amide bonds. The Balaban J connectivity index is 1.71. The molecule has 1 saturated heterocycles. The van der Waals surface area contributed by atoms with Gasteiger partial charge in [-0.3, -0.25) is 4.79 Å². The fraction of sp³-hybridized carbons (Fsp3) is 0.438. The van der Waals surface area contributed by atoms with Crippen LogP contribution in [0.3, 0.4) is 0 Å². The third kappa shape index (κ3) is 2.93. The number of rotatable bonds is 1. The van der Waals surface area contributed by atoms with Crippen molar-refractivity contribution in [1.82, 2.24) is 4.90 Å². The van der Waals surface area contributed by atoms with Gasteiger partial charge in [0.1, 0.15) is 12.4 Å². The molecule has 4 nitrogen and oxygen atoms in total. The number of likely N-dealkylation sites (tertiary alicyclic amines) is 1. The highest BCUT2D eigenvalue weighted by Gasteiger charge is 2.55. The van der Waals surface area contributed by atoms with Crippen LogP contribution in [-0.2, 0) is 4.79 Å². The second-order valence-electron chi connectivity index (χ2n) is 5.82. The number of amides is 1. The van der Waals surface area contributed by atoms with Crippen molar-refractivity contribution in [1.29, 1.82) is 0 Å². The van der Waals surface area contributed by atoms with E-state index in [1.807, 2.05) is 12.1 Å². The number of fused-ring (bicyclic) bond motifs is 1. The first kappa shape index (κ1) is 15.9. The van der Waals surface area contributed by atoms with Crippen molar-refractivity contribution in [2.24, 2.45) is 0 Å². The zero-order valence-electron chi connectivity index (χ0n) is 12.3. The number of halogens is 3. The fourth-order valence-corrected chi connectivity index (χ4v) is 2.81. The number of nitrogens with zero attached hydrogens (tertiary/aromatic N) is 1. The predicted molar refractivity (Wildman–Crippen MR) is 76.7 cm³/mol. The number of hydrogen-bond donors (Lipinski definition) is 1. The third-order valence-corrected chi connectivity index (χ3v) is 4.31. The summed E-state index contributed by atoms with van der Waals surface area (Å²) in [4.78, 5) is 13.8. The quantitative estimate of drug-likeness (QED) is 0.862. The summed E-state index contributed by atoms with van der Waals surface area (Å²) in [7, 11) is 0. The van der Waals surface area contributed by atoms with E-state index in [1.165, 1.54) is 4.90 Å². The first-order valence-electron chi connectivity index (χ1n) is 7.31. The van der Waals surface area contributed by atoms with E-state index in [2.05, 4.69) is 0 Å². The van der Waals surface area contributed by atoms with Crippen LogP contribution in [-0.4, -0.2) is 47.4 Å². The van der Waals surface area contributed by atoms with Crippen LogP contribution in [0.2, 0.25) is 0 Å². The van der Waals surface area contributed by atoms with E-state index in [-0.39, 0.29) is 25.6 Å². The second kappa shape index (κ2) is 5.56. The fourth-order valence-electron chi connectivity index (χ4n) is 2.81. The maximum Gasteiger partial charge on any atom is 0.417 e. The Morgan fingerprint density at radius 2 is 1.87 bits per heavy atom. The third-order valence-electron chi connectivity index (χ3n) is 4.31. The average Bonchev–Trinajstić information content (AvgIpc) is 2.53. The molecular weight excluding hydrogens is 311 g/mol. The number of para-hydroxylation sites is 1. The Labute approximate surface area is 131 Å². The molecule has 7 heteroatoms. The Bertz CT molecular complexity index is 646. The molecule has 23 heavy (non-hydrogen) atoms. The number of benzene rings is 1. The Kier molecular flexibility index (Phi) is 3.83. The largest absolute Gasteiger partial charge is 0.488 e. The number of carbonyl (C=O) groups excluding carboxylic acids is 1. The molecule has 0 aromatic heterocycles. The van der Waals surface area contributed by atoms with Gasteiger partial charge in [-0.1, -0.05) is 18.2 Å². The normalized spacial score (nSPS) is 20.3. The van der Waals surface area contributed by atoms with Gasteiger partial charge >= 0.3 is 6.18 Å². The maximum atomic E-state index is 12.8. The van der Waals surface area contributed by atoms with Gasteiger partial charge in [-0.2, -0.15) is 13.2 Å². The van der Waals surface area contributed by atoms with Crippen LogP contribution in [0.25, 0.3) is 6.08 Å². The summed E-state index contributed by atoms with van der Waals surface area (Å²) in [6, 6.07) is 7.23. The van der Waals surface area contributed by atoms with Gasteiger partial charge in [-0.15, -0.1) is 0 Å². The zero-order chi connectivity index (χ0) is 16.7. The van der Waals surface area contributed by atoms with Crippen molar-refractivity contribution < 1.29 is 27.8 Å². The maximum absolute atomic E-state index is 12.8. The predicted octanol–water partition coefficient (Wildman–Crippen LogP) is 2.38. The second-order valence-corrected chi connectivity index (χ2v) is 5.82. The van der Waals surface area contributed by atoms with Gasteiger partial charge in [0.15, 0.2) is 5.60 Å². The van der Waals surface area contributed by atoms with Crippen molar-refractivity contribution in [2.45, 2.75) is 24.6 Å². The summed E-state index contributed by atoms with van der Waals surface area (Å²) >= 11 is 0. The van der Waals surface area contributed by atoms with Crippen molar-refractivity contribution in [2.75, 3.05) is 19.7 Å². The molecule has 0 radical (unpaired) electrons. The number of alkyl halides is 3. The van der Waals surface area contributed by atoms with Gasteiger partial charge in [-0.25, -0.2) is 0 Å². The molecule has 124 valence electrons. The molecule has 0 spiro atoms. The first-order valence-corrected chi connectivity index (χ1v) is 7.31. The van der Waals surface area contributed by atoms with Gasteiger partial charge in [0.05, 0.1) is 5.57 Å². The molecule has 2 aliphatic rings. The summed E-state index contributed by atoms with van der Waals surface area (Å²) in [5.74, 6) is 0.331. The van der Waals surface area contributed by atoms with Crippen LogP contribution in [0.5, 0.6) is 5.75 Å². The zero-order valence-corrected chi connectivity index (χ0v) is 12.3. The number of piperidine rings is 1. The first-order chi connectivity index (χ1) is 10.8. The Morgan fingerprint density at radius 1 is 1.22 bits per heavy atom. The average molecular weight is 327 g/mol. The number of hydrogen-bond acceptors (Lipinski definition) is 3. The van der Waals surface area contributed by atoms with E-state index in [0.717, 1.165) is 5.56 Å². The van der Waals surface area contributed by atoms with E-state index in [1.54, 1.807) is 18.2 Å². The van der Waals surface area contributed by atoms with Crippen LogP contribution in [0.15, 0.2) is 29.8 Å². The van der Waals surface area contributed by atoms with E-state index >= 15 is 0 Å². The molecular formula is C16H16F3NO3. The van der Waals surface area contributed by atoms with Gasteiger partial charge in [0, 0.05) is 31.5 Å². The molecule has 0 atom stereocenters. The summed E-state index contributed by atoms with van der Waals surface area (Å²) < 4.78 is 43.9. The molecule has 1 aromatic rings. The topological polar surface area (TPSA) is 49.8 Å². The highest BCUT2D eigenvalue weighted by molar-refractivity contribution is 5.99. The molecule has 3 rings (SSSR count). The van der Waals surface area contributed by atoms with Crippen molar-refractivity contribution >= 4 is 12.0 Å². The van der Waals surface area contributed by atoms with Crippen LogP contribution >= 0.6 is 0 Å². The lowest BCUT2D eigenvalue weighted by Gasteiger charge is -2.39. The summed E-state index contributed by atoms with van der Waals surface area (Å²) in [6.07, 6.45) is -3.99. The minimum atomic E-state index is -4.67. The number of carbonyl (C=O) groups is 1. The highest BCUT2D eigenvalue weighted by Crippen LogP contribution is 2.38. The van der Waals surface area contributed by atoms with Crippen LogP contribution in [0.1, 0.15) is 18.4 Å². The lowest BCUT2D eigenvalue weighted by molar-refractivity contribution is -0.271. The lowest BCUT2D eigenvalue weighted by atomic mass is 9.90. The molecule has 0 unspecified atom stereocenters. The molecule has 2 aliphatic heterocycles. The smallest absolute Gasteiger partial charge is 0.417 e. The molecule has 1 N–H and O–H groups in total. The highest BCUT2D eigenvalue weighted by atomic mass is 19.4. The molecule has 0 bridgehead atoms. The molecule has 0 aliphatic carbocycles. The van der Waals surface area contributed by atoms with Gasteiger partial charge in [0.2, 0.25) is 0 Å². The van der Waals surface area contributed by atoms with E-state index in [0.29, 0.717) is 11.3 Å². The Hall–Kier alpha value is -2.02. The van der Waals surface area contributed by atoms with Crippen LogP contribution < -0.4 is 4.74 Å². The van der Waals surface area contributed by atoms with E-state index in [4.69, 9.17) is 4.74 Å². The molecule has 0 saturated carbocycles. The lowest BCUT2D eigenvalue weighted by Crippen LogP contribution is -2.54. The van der Waals surface area contributed by atoms with E-state index < -0.39 is 24.6 Å². The van der Waals surface area contributed by atoms with Gasteiger partial charge in [-0.05, 0) is 12.1 Å². The monoisotopic (exact) mass is 327 g/mol. The van der Waals surface area contributed by atoms with Crippen molar-refractivity contribution in [3.05, 3.63) is 35.4 Å². The minimum absolute atomic E-state index is 0.0931. The summed E-state index contributed by atoms with van der Waals surface area (Å²) in [5.41, 5.74) is -1.53. The van der Waals surface area contributed by atoms with E-state index in [9.17, 15) is 23.1 Å². The van der Waals surface area contributed by atoms with Crippen molar-refractivity contribution in [3.63, 3.8) is 0 Å². The molecule has 1 aromatic carbocycles. The van der Waals surface area contributed by atoms with Gasteiger partial charge in [0.25, 0.3) is 5.91 Å². The SMILES string of the molecule is O=C(C1=Cc2ccccc2OC1)N1CCC(O)(C(F)(F)F)CC1. The number of aliphatic hydroxyl groups is 1. The molecule has 1 fully saturated rings. The Morgan fingerprint density at radius 3 is 2.52 bits per heavy atom. The summed E-state index contributed by atoms with van der Waals surface area (Å²) in [5, 5.41) is 9.65. The van der Waals surface area contributed by atoms with Gasteiger partial charge < -0.3 is 14.7 Å².